The number of aliphatic hydroxyl groups excluding tert-OH is 2. The van der Waals surface area contributed by atoms with Gasteiger partial charge in [0.1, 0.15) is 0 Å². The molecule has 1 atom stereocenters. The number of hydrogen-bond donors (Lipinski definition) is 2. The lowest BCUT2D eigenvalue weighted by molar-refractivity contribution is -0.384. The van der Waals surface area contributed by atoms with Gasteiger partial charge in [0.2, 0.25) is 11.4 Å². The molecule has 0 radical (unpaired) electrons. The second-order valence-electron chi connectivity index (χ2n) is 6.87. The number of benzene rings is 2. The first-order valence-corrected chi connectivity index (χ1v) is 8.97. The van der Waals surface area contributed by atoms with E-state index in [-0.39, 0.29) is 11.3 Å². The van der Waals surface area contributed by atoms with Crippen LogP contribution in [0.5, 0.6) is 0 Å². The predicted octanol–water partition coefficient (Wildman–Crippen LogP) is 4.09. The van der Waals surface area contributed by atoms with Crippen LogP contribution in [-0.4, -0.2) is 26.1 Å². The van der Waals surface area contributed by atoms with Gasteiger partial charge in [-0.3, -0.25) is 15.1 Å². The highest BCUT2D eigenvalue weighted by Gasteiger charge is 2.52. The van der Waals surface area contributed by atoms with Crippen molar-refractivity contribution in [2.24, 2.45) is 0 Å². The number of pyridine rings is 1. The van der Waals surface area contributed by atoms with Crippen molar-refractivity contribution in [2.45, 2.75) is 12.5 Å². The van der Waals surface area contributed by atoms with E-state index in [1.165, 1.54) is 24.3 Å². The van der Waals surface area contributed by atoms with Crippen LogP contribution in [0.25, 0.3) is 11.3 Å². The largest absolute Gasteiger partial charge is 0.504 e. The number of esters is 1. The third kappa shape index (κ3) is 2.95. The molecule has 150 valence electrons. The number of aliphatic hydroxyl groups is 2. The number of cyclic esters (lactones) is 1. The zero-order valence-electron chi connectivity index (χ0n) is 15.8. The van der Waals surface area contributed by atoms with E-state index < -0.39 is 28.0 Å². The number of nitro benzene ring substituents is 1. The van der Waals surface area contributed by atoms with E-state index in [9.17, 15) is 25.1 Å². The van der Waals surface area contributed by atoms with E-state index >= 15 is 0 Å². The van der Waals surface area contributed by atoms with Crippen LogP contribution in [0.4, 0.5) is 5.69 Å². The van der Waals surface area contributed by atoms with Crippen molar-refractivity contribution in [2.75, 3.05) is 0 Å². The summed E-state index contributed by atoms with van der Waals surface area (Å²) in [4.78, 5) is 26.8. The molecule has 0 fully saturated rings. The number of non-ortho nitro benzene ring substituents is 1. The molecule has 0 bridgehead atoms. The summed E-state index contributed by atoms with van der Waals surface area (Å²) in [6.45, 7) is 1.93. The SMILES string of the molecule is Cc1ccc(-c2ccc(C3(c4ccc([N+](=O)[O-])cc4)OC(=O)C(O)=C3O)cc2)nc1. The van der Waals surface area contributed by atoms with E-state index in [4.69, 9.17) is 4.74 Å². The smallest absolute Gasteiger partial charge is 0.378 e. The van der Waals surface area contributed by atoms with Gasteiger partial charge >= 0.3 is 5.97 Å². The zero-order chi connectivity index (χ0) is 21.5. The Labute approximate surface area is 170 Å². The minimum Gasteiger partial charge on any atom is -0.504 e. The molecular formula is C22H16N2O6. The van der Waals surface area contributed by atoms with Gasteiger partial charge in [-0.15, -0.1) is 0 Å². The van der Waals surface area contributed by atoms with Crippen LogP contribution < -0.4 is 0 Å². The molecule has 0 saturated carbocycles. The number of rotatable bonds is 4. The number of aromatic nitrogens is 1. The molecule has 2 N–H and O–H groups in total. The summed E-state index contributed by atoms with van der Waals surface area (Å²) in [5, 5.41) is 31.5. The van der Waals surface area contributed by atoms with Crippen LogP contribution in [0.1, 0.15) is 16.7 Å². The monoisotopic (exact) mass is 404 g/mol. The molecule has 30 heavy (non-hydrogen) atoms. The highest BCUT2D eigenvalue weighted by molar-refractivity contribution is 5.91. The fraction of sp³-hybridized carbons (Fsp3) is 0.0909. The molecule has 4 rings (SSSR count). The summed E-state index contributed by atoms with van der Waals surface area (Å²) in [7, 11) is 0. The minimum atomic E-state index is -1.81. The highest BCUT2D eigenvalue weighted by Crippen LogP contribution is 2.45. The number of carbonyl (C=O) groups is 1. The second kappa shape index (κ2) is 7.00. The highest BCUT2D eigenvalue weighted by atomic mass is 16.6. The minimum absolute atomic E-state index is 0.160. The van der Waals surface area contributed by atoms with Crippen molar-refractivity contribution >= 4 is 11.7 Å². The molecular weight excluding hydrogens is 388 g/mol. The van der Waals surface area contributed by atoms with E-state index in [0.29, 0.717) is 5.56 Å². The number of nitro groups is 1. The Balaban J connectivity index is 1.82. The molecule has 1 aliphatic heterocycles. The van der Waals surface area contributed by atoms with E-state index in [1.54, 1.807) is 30.5 Å². The van der Waals surface area contributed by atoms with Crippen molar-refractivity contribution < 1.29 is 24.7 Å². The van der Waals surface area contributed by atoms with Crippen molar-refractivity contribution in [1.82, 2.24) is 4.98 Å². The number of carbonyl (C=O) groups excluding carboxylic acids is 1. The Morgan fingerprint density at radius 3 is 2.03 bits per heavy atom. The average molecular weight is 404 g/mol. The Kier molecular flexibility index (Phi) is 4.46. The Morgan fingerprint density at radius 2 is 1.57 bits per heavy atom. The molecule has 8 nitrogen and oxygen atoms in total. The lowest BCUT2D eigenvalue weighted by atomic mass is 9.84. The fourth-order valence-electron chi connectivity index (χ4n) is 3.39. The molecule has 1 aromatic heterocycles. The summed E-state index contributed by atoms with van der Waals surface area (Å²) in [5.41, 5.74) is 1.21. The third-order valence-corrected chi connectivity index (χ3v) is 4.98. The predicted molar refractivity (Wildman–Crippen MR) is 107 cm³/mol. The van der Waals surface area contributed by atoms with Crippen LogP contribution >= 0.6 is 0 Å². The van der Waals surface area contributed by atoms with Crippen LogP contribution in [0, 0.1) is 17.0 Å². The Bertz CT molecular complexity index is 1170. The lowest BCUT2D eigenvalue weighted by Crippen LogP contribution is -2.31. The van der Waals surface area contributed by atoms with Gasteiger partial charge < -0.3 is 14.9 Å². The molecule has 2 heterocycles. The topological polar surface area (TPSA) is 123 Å². The van der Waals surface area contributed by atoms with E-state index in [2.05, 4.69) is 4.98 Å². The summed E-state index contributed by atoms with van der Waals surface area (Å²) in [6.07, 6.45) is 1.74. The first-order valence-electron chi connectivity index (χ1n) is 8.97. The molecule has 0 aliphatic carbocycles. The van der Waals surface area contributed by atoms with Crippen molar-refractivity contribution in [3.05, 3.63) is 105 Å². The molecule has 2 aromatic carbocycles. The number of nitrogens with zero attached hydrogens (tertiary/aromatic N) is 2. The Morgan fingerprint density at radius 1 is 0.967 bits per heavy atom. The van der Waals surface area contributed by atoms with Gasteiger partial charge in [-0.2, -0.15) is 0 Å². The number of aryl methyl sites for hydroxylation is 1. The van der Waals surface area contributed by atoms with Gasteiger partial charge in [-0.05, 0) is 30.7 Å². The van der Waals surface area contributed by atoms with Crippen molar-refractivity contribution in [1.29, 1.82) is 0 Å². The molecule has 0 amide bonds. The number of ether oxygens (including phenoxy) is 1. The first kappa shape index (κ1) is 19.1. The summed E-state index contributed by atoms with van der Waals surface area (Å²) < 4.78 is 5.41. The standard InChI is InChI=1S/C22H16N2O6/c1-13-2-11-18(23-12-13)14-3-5-15(6-4-14)22(20(26)19(25)21(27)30-22)16-7-9-17(10-8-16)24(28)29/h2-12,25-26H,1H3. The van der Waals surface area contributed by atoms with E-state index in [1.807, 2.05) is 19.1 Å². The second-order valence-corrected chi connectivity index (χ2v) is 6.87. The van der Waals surface area contributed by atoms with Crippen LogP contribution in [0.3, 0.4) is 0 Å². The van der Waals surface area contributed by atoms with Crippen molar-refractivity contribution in [3.8, 4) is 11.3 Å². The number of hydrogen-bond acceptors (Lipinski definition) is 7. The maximum absolute atomic E-state index is 12.0. The summed E-state index contributed by atoms with van der Waals surface area (Å²) in [5.74, 6) is -2.67. The van der Waals surface area contributed by atoms with E-state index in [0.717, 1.165) is 16.8 Å². The molecule has 1 unspecified atom stereocenters. The normalized spacial score (nSPS) is 18.4. The van der Waals surface area contributed by atoms with Crippen LogP contribution in [0.15, 0.2) is 78.4 Å². The molecule has 3 aromatic rings. The van der Waals surface area contributed by atoms with Gasteiger partial charge in [0.25, 0.3) is 5.69 Å². The molecule has 0 spiro atoms. The Hall–Kier alpha value is -4.20. The van der Waals surface area contributed by atoms with Crippen LogP contribution in [-0.2, 0) is 15.1 Å². The third-order valence-electron chi connectivity index (χ3n) is 4.98. The first-order chi connectivity index (χ1) is 14.3. The molecule has 0 saturated heterocycles. The fourth-order valence-corrected chi connectivity index (χ4v) is 3.39. The zero-order valence-corrected chi connectivity index (χ0v) is 15.8. The van der Waals surface area contributed by atoms with Gasteiger partial charge in [-0.1, -0.05) is 30.3 Å². The maximum atomic E-state index is 12.0. The molecule has 1 aliphatic rings. The lowest BCUT2D eigenvalue weighted by Gasteiger charge is -2.29. The van der Waals surface area contributed by atoms with Crippen LogP contribution in [0.2, 0.25) is 0 Å². The van der Waals surface area contributed by atoms with Gasteiger partial charge in [0, 0.05) is 35.0 Å². The summed E-state index contributed by atoms with van der Waals surface area (Å²) in [6, 6.07) is 15.8. The van der Waals surface area contributed by atoms with Crippen molar-refractivity contribution in [3.63, 3.8) is 0 Å². The summed E-state index contributed by atoms with van der Waals surface area (Å²) >= 11 is 0. The van der Waals surface area contributed by atoms with Gasteiger partial charge in [0.15, 0.2) is 5.76 Å². The van der Waals surface area contributed by atoms with Gasteiger partial charge in [0.05, 0.1) is 10.6 Å². The maximum Gasteiger partial charge on any atom is 0.378 e. The molecule has 8 heteroatoms. The quantitative estimate of drug-likeness (QED) is 0.381. The van der Waals surface area contributed by atoms with Gasteiger partial charge in [-0.25, -0.2) is 4.79 Å². The average Bonchev–Trinajstić information content (AvgIpc) is 2.99.